The van der Waals surface area contributed by atoms with Gasteiger partial charge in [0.2, 0.25) is 0 Å². The molecule has 1 aromatic rings. The average molecular weight is 526 g/mol. The van der Waals surface area contributed by atoms with Crippen molar-refractivity contribution in [1.29, 1.82) is 0 Å². The summed E-state index contributed by atoms with van der Waals surface area (Å²) < 4.78 is 114. The smallest absolute Gasteiger partial charge is 0.438 e. The molecule has 25 heavy (non-hydrogen) atoms. The molecule has 0 spiro atoms. The minimum Gasteiger partial charge on any atom is -0.748 e. The summed E-state index contributed by atoms with van der Waals surface area (Å²) in [7, 11) is -6.09. The largest absolute Gasteiger partial charge is 0.748 e. The monoisotopic (exact) mass is 525 g/mol. The minimum absolute atomic E-state index is 0.402. The predicted octanol–water partition coefficient (Wildman–Crippen LogP) is 3.51. The molecule has 0 heterocycles. The van der Waals surface area contributed by atoms with E-state index in [4.69, 9.17) is 11.6 Å². The maximum atomic E-state index is 13.0. The molecule has 0 aliphatic rings. The number of alkyl halides is 6. The van der Waals surface area contributed by atoms with Crippen molar-refractivity contribution in [2.75, 3.05) is 5.75 Å². The number of hydrogen-bond donors (Lipinski definition) is 0. The Morgan fingerprint density at radius 2 is 1.64 bits per heavy atom. The summed E-state index contributed by atoms with van der Waals surface area (Å²) in [6.07, 6.45) is -12.9. The molecule has 0 atom stereocenters. The first-order valence-electron chi connectivity index (χ1n) is 5.75. The van der Waals surface area contributed by atoms with Gasteiger partial charge < -0.3 is 9.29 Å². The van der Waals surface area contributed by atoms with Gasteiger partial charge in [0.25, 0.3) is 0 Å². The van der Waals surface area contributed by atoms with Crippen molar-refractivity contribution >= 4 is 50.3 Å². The Bertz CT molecular complexity index is 762. The van der Waals surface area contributed by atoms with E-state index in [9.17, 15) is 44.1 Å². The average Bonchev–Trinajstić information content (AvgIpc) is 2.33. The molecule has 1 rings (SSSR count). The van der Waals surface area contributed by atoms with Crippen LogP contribution >= 0.6 is 34.2 Å². The molecule has 0 aliphatic heterocycles. The first kappa shape index (κ1) is 22.2. The van der Waals surface area contributed by atoms with Gasteiger partial charge in [-0.1, -0.05) is 11.6 Å². The first-order valence-corrected chi connectivity index (χ1v) is 8.79. The van der Waals surface area contributed by atoms with Gasteiger partial charge in [-0.15, -0.1) is 0 Å². The van der Waals surface area contributed by atoms with Gasteiger partial charge in [0.05, 0.1) is 26.5 Å². The third-order valence-corrected chi connectivity index (χ3v) is 4.46. The molecule has 0 N–H and O–H groups in total. The molecule has 0 fully saturated rings. The lowest BCUT2D eigenvalue weighted by Crippen LogP contribution is -2.63. The van der Waals surface area contributed by atoms with Crippen LogP contribution in [-0.4, -0.2) is 42.6 Å². The van der Waals surface area contributed by atoms with Crippen LogP contribution in [0.5, 0.6) is 0 Å². The van der Waals surface area contributed by atoms with Crippen molar-refractivity contribution < 1.29 is 48.8 Å². The van der Waals surface area contributed by atoms with Crippen LogP contribution in [0.4, 0.5) is 26.3 Å². The number of rotatable bonds is 4. The first-order chi connectivity index (χ1) is 11.0. The summed E-state index contributed by atoms with van der Waals surface area (Å²) in [5.41, 5.74) is -6.41. The number of benzene rings is 1. The Labute approximate surface area is 155 Å². The second-order valence-corrected chi connectivity index (χ2v) is 7.60. The minimum atomic E-state index is -6.44. The van der Waals surface area contributed by atoms with Crippen molar-refractivity contribution in [3.63, 3.8) is 0 Å². The van der Waals surface area contributed by atoms with Crippen LogP contribution in [0, 0.1) is 3.57 Å². The molecule has 0 aromatic heterocycles. The van der Waals surface area contributed by atoms with E-state index >= 15 is 0 Å². The summed E-state index contributed by atoms with van der Waals surface area (Å²) in [4.78, 5) is 11.8. The highest BCUT2D eigenvalue weighted by molar-refractivity contribution is 14.1. The lowest BCUT2D eigenvalue weighted by Gasteiger charge is -2.36. The SMILES string of the molecule is O=C(OC(CS(=O)(=O)[O-])(C(F)(F)F)C(F)(F)F)c1ccc(I)cc1Cl. The molecule has 0 unspecified atom stereocenters. The molecule has 14 heteroatoms. The van der Waals surface area contributed by atoms with Crippen LogP contribution in [0.25, 0.3) is 0 Å². The zero-order valence-electron chi connectivity index (χ0n) is 11.4. The molecular formula is C11H5ClF6IO5S-. The van der Waals surface area contributed by atoms with Crippen LogP contribution in [0.15, 0.2) is 18.2 Å². The quantitative estimate of drug-likeness (QED) is 0.260. The topological polar surface area (TPSA) is 83.5 Å². The van der Waals surface area contributed by atoms with Gasteiger partial charge in [-0.25, -0.2) is 13.2 Å². The highest BCUT2D eigenvalue weighted by Crippen LogP contribution is 2.47. The molecule has 0 saturated carbocycles. The number of hydrogen-bond acceptors (Lipinski definition) is 5. The molecule has 0 radical (unpaired) electrons. The van der Waals surface area contributed by atoms with E-state index in [1.165, 1.54) is 0 Å². The zero-order valence-corrected chi connectivity index (χ0v) is 15.1. The molecule has 0 amide bonds. The number of esters is 1. The summed E-state index contributed by atoms with van der Waals surface area (Å²) in [6.45, 7) is 0. The van der Waals surface area contributed by atoms with E-state index in [1.807, 2.05) is 0 Å². The number of carbonyl (C=O) groups excluding carboxylic acids is 1. The van der Waals surface area contributed by atoms with Crippen LogP contribution in [0.1, 0.15) is 10.4 Å². The van der Waals surface area contributed by atoms with Crippen molar-refractivity contribution in [1.82, 2.24) is 0 Å². The fraction of sp³-hybridized carbons (Fsp3) is 0.364. The third kappa shape index (κ3) is 5.10. The second-order valence-electron chi connectivity index (χ2n) is 4.54. The van der Waals surface area contributed by atoms with E-state index in [2.05, 4.69) is 4.74 Å². The van der Waals surface area contributed by atoms with Gasteiger partial charge >= 0.3 is 23.9 Å². The summed E-state index contributed by atoms with van der Waals surface area (Å²) in [5.74, 6) is -5.26. The molecular weight excluding hydrogens is 521 g/mol. The fourth-order valence-electron chi connectivity index (χ4n) is 1.59. The Balaban J connectivity index is 3.50. The van der Waals surface area contributed by atoms with Crippen molar-refractivity contribution in [2.24, 2.45) is 0 Å². The summed E-state index contributed by atoms with van der Waals surface area (Å²) >= 11 is 7.27. The summed E-state index contributed by atoms with van der Waals surface area (Å²) in [5, 5.41) is -0.528. The molecule has 0 saturated heterocycles. The lowest BCUT2D eigenvalue weighted by atomic mass is 10.1. The van der Waals surface area contributed by atoms with Crippen LogP contribution in [0.3, 0.4) is 0 Å². The molecule has 0 aliphatic carbocycles. The van der Waals surface area contributed by atoms with Crippen LogP contribution in [0.2, 0.25) is 5.02 Å². The van der Waals surface area contributed by atoms with Crippen LogP contribution < -0.4 is 0 Å². The standard InChI is InChI=1S/C11H6ClF6IO5S/c12-7-3-5(19)1-2-6(7)8(20)24-9(10(13,14)15,11(16,17)18)4-25(21,22)23/h1-3H,4H2,(H,21,22,23)/p-1. The molecule has 0 bridgehead atoms. The highest BCUT2D eigenvalue weighted by atomic mass is 127. The highest BCUT2D eigenvalue weighted by Gasteiger charge is 2.75. The predicted molar refractivity (Wildman–Crippen MR) is 79.0 cm³/mol. The van der Waals surface area contributed by atoms with Crippen molar-refractivity contribution in [2.45, 2.75) is 18.0 Å². The Morgan fingerprint density at radius 1 is 1.16 bits per heavy atom. The van der Waals surface area contributed by atoms with Gasteiger partial charge in [0.1, 0.15) is 0 Å². The van der Waals surface area contributed by atoms with Gasteiger partial charge in [-0.05, 0) is 40.8 Å². The van der Waals surface area contributed by atoms with Gasteiger partial charge in [0.15, 0.2) is 0 Å². The molecule has 1 aromatic carbocycles. The number of ether oxygens (including phenoxy) is 1. The Kier molecular flexibility index (Phi) is 6.29. The van der Waals surface area contributed by atoms with Gasteiger partial charge in [-0.3, -0.25) is 0 Å². The van der Waals surface area contributed by atoms with Gasteiger partial charge in [-0.2, -0.15) is 26.3 Å². The van der Waals surface area contributed by atoms with Crippen LogP contribution in [-0.2, 0) is 14.9 Å². The normalized spacial score (nSPS) is 13.6. The van der Waals surface area contributed by atoms with Crippen molar-refractivity contribution in [3.05, 3.63) is 32.4 Å². The lowest BCUT2D eigenvalue weighted by molar-refractivity contribution is -0.356. The van der Waals surface area contributed by atoms with E-state index in [-0.39, 0.29) is 0 Å². The van der Waals surface area contributed by atoms with E-state index in [1.54, 1.807) is 22.6 Å². The van der Waals surface area contributed by atoms with E-state index in [0.29, 0.717) is 3.57 Å². The van der Waals surface area contributed by atoms with E-state index in [0.717, 1.165) is 18.2 Å². The Hall–Kier alpha value is -0.800. The Morgan fingerprint density at radius 3 is 2.00 bits per heavy atom. The number of halogens is 8. The number of carbonyl (C=O) groups is 1. The third-order valence-electron chi connectivity index (χ3n) is 2.71. The van der Waals surface area contributed by atoms with Gasteiger partial charge in [0, 0.05) is 3.57 Å². The second kappa shape index (κ2) is 7.08. The van der Waals surface area contributed by atoms with E-state index < -0.39 is 50.4 Å². The zero-order chi connectivity index (χ0) is 19.8. The molecule has 5 nitrogen and oxygen atoms in total. The summed E-state index contributed by atoms with van der Waals surface area (Å²) in [6, 6.07) is 2.97. The fourth-order valence-corrected chi connectivity index (χ4v) is 3.40. The van der Waals surface area contributed by atoms with Crippen molar-refractivity contribution in [3.8, 4) is 0 Å². The maximum absolute atomic E-state index is 13.0. The molecule has 142 valence electrons. The maximum Gasteiger partial charge on any atom is 0.438 e.